The second-order valence-corrected chi connectivity index (χ2v) is 3.41. The molecule has 0 aliphatic rings. The highest BCUT2D eigenvalue weighted by molar-refractivity contribution is 7.10. The number of carbonyl (C=O) groups excluding carboxylic acids is 2. The summed E-state index contributed by atoms with van der Waals surface area (Å²) >= 11 is 1.26. The van der Waals surface area contributed by atoms with Crippen LogP contribution in [0.5, 0.6) is 0 Å². The van der Waals surface area contributed by atoms with Crippen LogP contribution in [0.2, 0.25) is 0 Å². The zero-order valence-corrected chi connectivity index (χ0v) is 8.21. The van der Waals surface area contributed by atoms with Gasteiger partial charge in [0.25, 0.3) is 5.78 Å². The monoisotopic (exact) mass is 209 g/mol. The van der Waals surface area contributed by atoms with Gasteiger partial charge in [-0.25, -0.2) is 4.79 Å². The highest BCUT2D eigenvalue weighted by Crippen LogP contribution is 2.21. The molecule has 0 radical (unpaired) electrons. The third-order valence-electron chi connectivity index (χ3n) is 1.61. The van der Waals surface area contributed by atoms with Gasteiger partial charge in [-0.2, -0.15) is 5.26 Å². The average Bonchev–Trinajstić information content (AvgIpc) is 2.71. The van der Waals surface area contributed by atoms with Crippen LogP contribution in [0.3, 0.4) is 0 Å². The van der Waals surface area contributed by atoms with E-state index >= 15 is 0 Å². The van der Waals surface area contributed by atoms with E-state index in [9.17, 15) is 9.59 Å². The predicted molar refractivity (Wildman–Crippen MR) is 49.7 cm³/mol. The van der Waals surface area contributed by atoms with Crippen LogP contribution in [0.15, 0.2) is 17.5 Å². The van der Waals surface area contributed by atoms with Crippen LogP contribution in [-0.4, -0.2) is 18.9 Å². The normalized spacial score (nSPS) is 11.4. The first-order valence-electron chi connectivity index (χ1n) is 3.76. The van der Waals surface area contributed by atoms with Crippen LogP contribution in [0.4, 0.5) is 0 Å². The lowest BCUT2D eigenvalue weighted by molar-refractivity contribution is -0.151. The van der Waals surface area contributed by atoms with Gasteiger partial charge in [0.1, 0.15) is 0 Å². The predicted octanol–water partition coefficient (Wildman–Crippen LogP) is 1.10. The fourth-order valence-electron chi connectivity index (χ4n) is 0.925. The molecule has 1 aromatic heterocycles. The number of methoxy groups -OCH3 is 1. The largest absolute Gasteiger partial charge is 0.463 e. The van der Waals surface area contributed by atoms with Crippen molar-refractivity contribution in [3.05, 3.63) is 22.4 Å². The first-order valence-corrected chi connectivity index (χ1v) is 4.64. The van der Waals surface area contributed by atoms with Crippen LogP contribution in [0.25, 0.3) is 0 Å². The summed E-state index contributed by atoms with van der Waals surface area (Å²) in [5, 5.41) is 10.5. The van der Waals surface area contributed by atoms with Crippen molar-refractivity contribution >= 4 is 23.1 Å². The SMILES string of the molecule is COC(=O)C(=O)[C@@H](C#N)c1cccs1. The van der Waals surface area contributed by atoms with Crippen molar-refractivity contribution < 1.29 is 14.3 Å². The molecule has 1 heterocycles. The molecule has 1 rings (SSSR count). The van der Waals surface area contributed by atoms with Crippen molar-refractivity contribution in [3.63, 3.8) is 0 Å². The molecule has 14 heavy (non-hydrogen) atoms. The Kier molecular flexibility index (Phi) is 3.37. The van der Waals surface area contributed by atoms with Crippen LogP contribution in [0.1, 0.15) is 10.8 Å². The first-order chi connectivity index (χ1) is 6.70. The first kappa shape index (κ1) is 10.4. The topological polar surface area (TPSA) is 67.2 Å². The summed E-state index contributed by atoms with van der Waals surface area (Å²) in [6.07, 6.45) is 0. The summed E-state index contributed by atoms with van der Waals surface area (Å²) in [6.45, 7) is 0. The average molecular weight is 209 g/mol. The van der Waals surface area contributed by atoms with Gasteiger partial charge in [0.15, 0.2) is 5.92 Å². The molecule has 0 fully saturated rings. The molecule has 0 N–H and O–H groups in total. The fourth-order valence-corrected chi connectivity index (χ4v) is 1.69. The quantitative estimate of drug-likeness (QED) is 0.552. The molecule has 0 aromatic carbocycles. The van der Waals surface area contributed by atoms with Gasteiger partial charge in [-0.3, -0.25) is 4.79 Å². The minimum absolute atomic E-state index is 0.558. The van der Waals surface area contributed by atoms with E-state index in [4.69, 9.17) is 5.26 Å². The molecule has 1 aromatic rings. The Labute approximate surface area is 84.7 Å². The summed E-state index contributed by atoms with van der Waals surface area (Å²) in [4.78, 5) is 22.8. The van der Waals surface area contributed by atoms with Gasteiger partial charge in [-0.15, -0.1) is 11.3 Å². The fraction of sp³-hybridized carbons (Fsp3) is 0.222. The zero-order valence-electron chi connectivity index (χ0n) is 7.39. The van der Waals surface area contributed by atoms with Crippen LogP contribution in [0, 0.1) is 11.3 Å². The van der Waals surface area contributed by atoms with Crippen molar-refractivity contribution in [1.82, 2.24) is 0 Å². The van der Waals surface area contributed by atoms with Gasteiger partial charge in [0, 0.05) is 4.88 Å². The second-order valence-electron chi connectivity index (χ2n) is 2.43. The Bertz CT molecular complexity index is 377. The van der Waals surface area contributed by atoms with E-state index in [1.54, 1.807) is 23.6 Å². The van der Waals surface area contributed by atoms with Gasteiger partial charge in [-0.05, 0) is 11.4 Å². The van der Waals surface area contributed by atoms with E-state index in [-0.39, 0.29) is 0 Å². The number of ketones is 1. The van der Waals surface area contributed by atoms with Gasteiger partial charge in [0.2, 0.25) is 0 Å². The van der Waals surface area contributed by atoms with Gasteiger partial charge in [-0.1, -0.05) is 6.07 Å². The molecular formula is C9H7NO3S. The van der Waals surface area contributed by atoms with Gasteiger partial charge < -0.3 is 4.74 Å². The molecule has 0 amide bonds. The standard InChI is InChI=1S/C9H7NO3S/c1-13-9(12)8(11)6(5-10)7-3-2-4-14-7/h2-4,6H,1H3/t6-/m0/s1. The van der Waals surface area contributed by atoms with Gasteiger partial charge in [0.05, 0.1) is 13.2 Å². The van der Waals surface area contributed by atoms with Crippen molar-refractivity contribution in [2.75, 3.05) is 7.11 Å². The number of nitrogens with zero attached hydrogens (tertiary/aromatic N) is 1. The molecular weight excluding hydrogens is 202 g/mol. The smallest absolute Gasteiger partial charge is 0.376 e. The molecule has 0 bridgehead atoms. The van der Waals surface area contributed by atoms with Crippen molar-refractivity contribution in [3.8, 4) is 6.07 Å². The third-order valence-corrected chi connectivity index (χ3v) is 2.54. The maximum absolute atomic E-state index is 11.3. The number of ether oxygens (including phenoxy) is 1. The number of hydrogen-bond acceptors (Lipinski definition) is 5. The van der Waals surface area contributed by atoms with E-state index in [1.165, 1.54) is 11.3 Å². The highest BCUT2D eigenvalue weighted by atomic mass is 32.1. The molecule has 0 saturated heterocycles. The van der Waals surface area contributed by atoms with Crippen LogP contribution < -0.4 is 0 Å². The number of carbonyl (C=O) groups is 2. The molecule has 0 spiro atoms. The second kappa shape index (κ2) is 4.53. The lowest BCUT2D eigenvalue weighted by Gasteiger charge is -2.02. The van der Waals surface area contributed by atoms with E-state index in [1.807, 2.05) is 0 Å². The number of hydrogen-bond donors (Lipinski definition) is 0. The Morgan fingerprint density at radius 2 is 2.36 bits per heavy atom. The zero-order chi connectivity index (χ0) is 10.6. The number of esters is 1. The Morgan fingerprint density at radius 1 is 1.64 bits per heavy atom. The number of Topliss-reactive ketones (excluding diaryl/α,β-unsaturated/α-hetero) is 1. The summed E-state index contributed by atoms with van der Waals surface area (Å²) in [5.41, 5.74) is 0. The molecule has 5 heteroatoms. The summed E-state index contributed by atoms with van der Waals surface area (Å²) in [6, 6.07) is 5.13. The Balaban J connectivity index is 2.90. The highest BCUT2D eigenvalue weighted by Gasteiger charge is 2.28. The summed E-state index contributed by atoms with van der Waals surface area (Å²) < 4.78 is 4.26. The summed E-state index contributed by atoms with van der Waals surface area (Å²) in [7, 11) is 1.11. The lowest BCUT2D eigenvalue weighted by Crippen LogP contribution is -2.21. The van der Waals surface area contributed by atoms with Crippen LogP contribution >= 0.6 is 11.3 Å². The van der Waals surface area contributed by atoms with Crippen molar-refractivity contribution in [2.45, 2.75) is 5.92 Å². The number of thiophene rings is 1. The maximum Gasteiger partial charge on any atom is 0.376 e. The molecule has 0 aliphatic carbocycles. The van der Waals surface area contributed by atoms with E-state index in [2.05, 4.69) is 4.74 Å². The Hall–Kier alpha value is -1.67. The molecule has 0 saturated carbocycles. The molecule has 72 valence electrons. The maximum atomic E-state index is 11.3. The lowest BCUT2D eigenvalue weighted by atomic mass is 10.0. The van der Waals surface area contributed by atoms with E-state index in [0.717, 1.165) is 7.11 Å². The Morgan fingerprint density at radius 3 is 2.79 bits per heavy atom. The van der Waals surface area contributed by atoms with E-state index < -0.39 is 17.7 Å². The molecule has 1 atom stereocenters. The van der Waals surface area contributed by atoms with Crippen molar-refractivity contribution in [2.24, 2.45) is 0 Å². The molecule has 0 aliphatic heterocycles. The minimum atomic E-state index is -1.04. The minimum Gasteiger partial charge on any atom is -0.463 e. The van der Waals surface area contributed by atoms with Crippen LogP contribution in [-0.2, 0) is 14.3 Å². The molecule has 4 nitrogen and oxygen atoms in total. The summed E-state index contributed by atoms with van der Waals surface area (Å²) in [5.74, 6) is -2.84. The van der Waals surface area contributed by atoms with Gasteiger partial charge >= 0.3 is 5.97 Å². The number of rotatable bonds is 3. The number of nitriles is 1. The molecule has 0 unspecified atom stereocenters. The van der Waals surface area contributed by atoms with E-state index in [0.29, 0.717) is 4.88 Å². The third kappa shape index (κ3) is 1.98. The van der Waals surface area contributed by atoms with Crippen molar-refractivity contribution in [1.29, 1.82) is 5.26 Å².